The molecule has 0 spiro atoms. The Morgan fingerprint density at radius 1 is 1.47 bits per heavy atom. The zero-order valence-corrected chi connectivity index (χ0v) is 10.6. The van der Waals surface area contributed by atoms with E-state index in [0.717, 1.165) is 31.6 Å². The summed E-state index contributed by atoms with van der Waals surface area (Å²) in [6.45, 7) is 10.6. The van der Waals surface area contributed by atoms with Gasteiger partial charge in [-0.15, -0.1) is 0 Å². The van der Waals surface area contributed by atoms with Crippen molar-refractivity contribution >= 4 is 0 Å². The molecule has 1 nitrogen and oxygen atoms in total. The second-order valence-corrected chi connectivity index (χ2v) is 4.57. The van der Waals surface area contributed by atoms with Gasteiger partial charge in [0.25, 0.3) is 0 Å². The van der Waals surface area contributed by atoms with Crippen LogP contribution in [0, 0.1) is 5.92 Å². The van der Waals surface area contributed by atoms with Crippen LogP contribution in [0.2, 0.25) is 0 Å². The molecular weight excluding hydrogens is 182 g/mol. The monoisotopic (exact) mass is 209 g/mol. The molecule has 2 N–H and O–H groups in total. The van der Waals surface area contributed by atoms with Gasteiger partial charge in [-0.25, -0.2) is 0 Å². The maximum absolute atomic E-state index is 6.08. The van der Waals surface area contributed by atoms with E-state index in [1.54, 1.807) is 0 Å². The summed E-state index contributed by atoms with van der Waals surface area (Å²) in [5.74, 6) is 0.739. The average Bonchev–Trinajstić information content (AvgIpc) is 2.17. The van der Waals surface area contributed by atoms with Crippen LogP contribution < -0.4 is 5.73 Å². The zero-order chi connectivity index (χ0) is 11.7. The van der Waals surface area contributed by atoms with Gasteiger partial charge >= 0.3 is 0 Å². The van der Waals surface area contributed by atoms with Crippen molar-refractivity contribution in [2.75, 3.05) is 0 Å². The standard InChI is InChI=1S/C14H27N/c1-5-7-8-9-13(4)11-14(15)10-12(3)6-2/h5,7,12,14H,4,6,8-11,15H2,1-3H3. The fourth-order valence-electron chi connectivity index (χ4n) is 1.69. The van der Waals surface area contributed by atoms with Crippen molar-refractivity contribution in [1.82, 2.24) is 0 Å². The topological polar surface area (TPSA) is 26.0 Å². The van der Waals surface area contributed by atoms with Crippen molar-refractivity contribution in [2.45, 2.75) is 58.9 Å². The van der Waals surface area contributed by atoms with E-state index in [-0.39, 0.29) is 0 Å². The maximum Gasteiger partial charge on any atom is 0.00785 e. The Labute approximate surface area is 95.4 Å². The molecule has 0 aromatic heterocycles. The van der Waals surface area contributed by atoms with Crippen LogP contribution in [0.25, 0.3) is 0 Å². The van der Waals surface area contributed by atoms with Gasteiger partial charge in [-0.1, -0.05) is 44.6 Å². The van der Waals surface area contributed by atoms with Crippen LogP contribution in [0.4, 0.5) is 0 Å². The summed E-state index contributed by atoms with van der Waals surface area (Å²) >= 11 is 0. The second-order valence-electron chi connectivity index (χ2n) is 4.57. The fourth-order valence-corrected chi connectivity index (χ4v) is 1.69. The highest BCUT2D eigenvalue weighted by molar-refractivity contribution is 4.99. The molecule has 0 aliphatic heterocycles. The van der Waals surface area contributed by atoms with Crippen LogP contribution in [0.5, 0.6) is 0 Å². The molecule has 0 saturated heterocycles. The first-order valence-electron chi connectivity index (χ1n) is 6.13. The van der Waals surface area contributed by atoms with Gasteiger partial charge in [0, 0.05) is 6.04 Å². The maximum atomic E-state index is 6.08. The molecule has 0 saturated carbocycles. The van der Waals surface area contributed by atoms with Gasteiger partial charge in [-0.3, -0.25) is 0 Å². The van der Waals surface area contributed by atoms with Crippen molar-refractivity contribution in [2.24, 2.45) is 11.7 Å². The highest BCUT2D eigenvalue weighted by Crippen LogP contribution is 2.16. The normalized spacial score (nSPS) is 15.5. The molecular formula is C14H27N. The number of hydrogen-bond donors (Lipinski definition) is 1. The minimum Gasteiger partial charge on any atom is -0.327 e. The van der Waals surface area contributed by atoms with E-state index in [4.69, 9.17) is 5.73 Å². The van der Waals surface area contributed by atoms with Gasteiger partial charge in [0.15, 0.2) is 0 Å². The summed E-state index contributed by atoms with van der Waals surface area (Å²) < 4.78 is 0. The van der Waals surface area contributed by atoms with E-state index >= 15 is 0 Å². The van der Waals surface area contributed by atoms with Crippen LogP contribution >= 0.6 is 0 Å². The van der Waals surface area contributed by atoms with Crippen molar-refractivity contribution in [1.29, 1.82) is 0 Å². The van der Waals surface area contributed by atoms with Gasteiger partial charge in [0.2, 0.25) is 0 Å². The Morgan fingerprint density at radius 3 is 2.67 bits per heavy atom. The van der Waals surface area contributed by atoms with Gasteiger partial charge in [0.1, 0.15) is 0 Å². The summed E-state index contributed by atoms with van der Waals surface area (Å²) in [7, 11) is 0. The van der Waals surface area contributed by atoms with Gasteiger partial charge < -0.3 is 5.73 Å². The SMILES string of the molecule is C=C(CCC=CC)CC(N)CC(C)CC. The van der Waals surface area contributed by atoms with E-state index in [1.807, 2.05) is 0 Å². The van der Waals surface area contributed by atoms with Crippen LogP contribution in [0.3, 0.4) is 0 Å². The van der Waals surface area contributed by atoms with Gasteiger partial charge in [0.05, 0.1) is 0 Å². The molecule has 2 atom stereocenters. The molecule has 0 radical (unpaired) electrons. The molecule has 0 heterocycles. The predicted octanol–water partition coefficient (Wildman–Crippen LogP) is 4.05. The van der Waals surface area contributed by atoms with Gasteiger partial charge in [-0.2, -0.15) is 0 Å². The smallest absolute Gasteiger partial charge is 0.00785 e. The Balaban J connectivity index is 3.66. The molecule has 88 valence electrons. The lowest BCUT2D eigenvalue weighted by Crippen LogP contribution is -2.23. The van der Waals surface area contributed by atoms with Crippen LogP contribution in [-0.4, -0.2) is 6.04 Å². The Hall–Kier alpha value is -0.560. The third-order valence-electron chi connectivity index (χ3n) is 2.85. The number of nitrogens with two attached hydrogens (primary N) is 1. The first-order chi connectivity index (χ1) is 7.10. The summed E-state index contributed by atoms with van der Waals surface area (Å²) in [5.41, 5.74) is 7.37. The molecule has 0 aromatic rings. The highest BCUT2D eigenvalue weighted by Gasteiger charge is 2.08. The second kappa shape index (κ2) is 8.72. The third-order valence-corrected chi connectivity index (χ3v) is 2.85. The predicted molar refractivity (Wildman–Crippen MR) is 69.9 cm³/mol. The molecule has 0 bridgehead atoms. The summed E-state index contributed by atoms with van der Waals surface area (Å²) in [6.07, 6.45) is 9.79. The molecule has 15 heavy (non-hydrogen) atoms. The minimum absolute atomic E-state index is 0.304. The number of allylic oxidation sites excluding steroid dienone is 2. The Kier molecular flexibility index (Phi) is 8.40. The van der Waals surface area contributed by atoms with E-state index in [9.17, 15) is 0 Å². The van der Waals surface area contributed by atoms with Gasteiger partial charge in [-0.05, 0) is 38.5 Å². The van der Waals surface area contributed by atoms with Crippen LogP contribution in [0.15, 0.2) is 24.3 Å². The quantitative estimate of drug-likeness (QED) is 0.600. The van der Waals surface area contributed by atoms with Crippen LogP contribution in [0.1, 0.15) is 52.9 Å². The van der Waals surface area contributed by atoms with Crippen molar-refractivity contribution < 1.29 is 0 Å². The minimum atomic E-state index is 0.304. The van der Waals surface area contributed by atoms with Crippen molar-refractivity contribution in [3.05, 3.63) is 24.3 Å². The lowest BCUT2D eigenvalue weighted by atomic mass is 9.94. The number of hydrogen-bond acceptors (Lipinski definition) is 1. The Bertz CT molecular complexity index is 194. The summed E-state index contributed by atoms with van der Waals surface area (Å²) in [5, 5.41) is 0. The lowest BCUT2D eigenvalue weighted by molar-refractivity contribution is 0.447. The van der Waals surface area contributed by atoms with Crippen LogP contribution in [-0.2, 0) is 0 Å². The molecule has 0 aliphatic carbocycles. The molecule has 0 rings (SSSR count). The molecule has 0 amide bonds. The van der Waals surface area contributed by atoms with Crippen molar-refractivity contribution in [3.8, 4) is 0 Å². The fraction of sp³-hybridized carbons (Fsp3) is 0.714. The van der Waals surface area contributed by atoms with E-state index in [1.165, 1.54) is 12.0 Å². The van der Waals surface area contributed by atoms with E-state index in [2.05, 4.69) is 39.5 Å². The summed E-state index contributed by atoms with van der Waals surface area (Å²) in [6, 6.07) is 0.304. The average molecular weight is 209 g/mol. The molecule has 1 heteroatoms. The zero-order valence-electron chi connectivity index (χ0n) is 10.6. The van der Waals surface area contributed by atoms with E-state index in [0.29, 0.717) is 6.04 Å². The first-order valence-corrected chi connectivity index (χ1v) is 6.13. The van der Waals surface area contributed by atoms with E-state index < -0.39 is 0 Å². The van der Waals surface area contributed by atoms with Crippen molar-refractivity contribution in [3.63, 3.8) is 0 Å². The summed E-state index contributed by atoms with van der Waals surface area (Å²) in [4.78, 5) is 0. The third kappa shape index (κ3) is 8.44. The Morgan fingerprint density at radius 2 is 2.13 bits per heavy atom. The molecule has 2 unspecified atom stereocenters. The molecule has 0 aromatic carbocycles. The number of rotatable bonds is 8. The molecule has 0 fully saturated rings. The lowest BCUT2D eigenvalue weighted by Gasteiger charge is -2.16. The highest BCUT2D eigenvalue weighted by atomic mass is 14.6. The largest absolute Gasteiger partial charge is 0.327 e. The molecule has 0 aliphatic rings. The first kappa shape index (κ1) is 14.4.